The number of hydrogen-bond donors (Lipinski definition) is 0. The van der Waals surface area contributed by atoms with Crippen molar-refractivity contribution in [3.63, 3.8) is 0 Å². The summed E-state index contributed by atoms with van der Waals surface area (Å²) in [6.45, 7) is 2.24. The van der Waals surface area contributed by atoms with Crippen LogP contribution in [0.1, 0.15) is 36.5 Å². The number of carbonyl (C=O) groups is 1. The van der Waals surface area contributed by atoms with Crippen molar-refractivity contribution >= 4 is 16.7 Å². The van der Waals surface area contributed by atoms with E-state index in [1.54, 1.807) is 6.20 Å². The summed E-state index contributed by atoms with van der Waals surface area (Å²) in [6.07, 6.45) is 4.90. The molecular weight excluding hydrogens is 222 g/mol. The second-order valence-electron chi connectivity index (χ2n) is 5.32. The van der Waals surface area contributed by atoms with Crippen molar-refractivity contribution in [2.24, 2.45) is 11.8 Å². The molecule has 0 radical (unpaired) electrons. The Labute approximate surface area is 107 Å². The van der Waals surface area contributed by atoms with Gasteiger partial charge in [-0.2, -0.15) is 0 Å². The molecule has 1 aliphatic rings. The van der Waals surface area contributed by atoms with Crippen LogP contribution in [0.3, 0.4) is 0 Å². The van der Waals surface area contributed by atoms with Crippen molar-refractivity contribution in [3.8, 4) is 0 Å². The SMILES string of the molecule is C[C@@H]1CC[C@@H]1CC(=O)c1cccc2cccnc12. The van der Waals surface area contributed by atoms with E-state index in [0.29, 0.717) is 18.3 Å². The van der Waals surface area contributed by atoms with Crippen molar-refractivity contribution < 1.29 is 4.79 Å². The van der Waals surface area contributed by atoms with Crippen LogP contribution in [0.4, 0.5) is 0 Å². The van der Waals surface area contributed by atoms with Crippen molar-refractivity contribution in [2.45, 2.75) is 26.2 Å². The van der Waals surface area contributed by atoms with Gasteiger partial charge in [-0.25, -0.2) is 0 Å². The molecule has 0 saturated heterocycles. The minimum absolute atomic E-state index is 0.246. The third-order valence-electron chi connectivity index (χ3n) is 4.18. The Morgan fingerprint density at radius 2 is 2.11 bits per heavy atom. The highest BCUT2D eigenvalue weighted by molar-refractivity contribution is 6.06. The molecule has 0 aliphatic heterocycles. The van der Waals surface area contributed by atoms with Gasteiger partial charge in [0.1, 0.15) is 0 Å². The van der Waals surface area contributed by atoms with Gasteiger partial charge in [0.2, 0.25) is 0 Å². The first-order valence-electron chi connectivity index (χ1n) is 6.62. The normalized spacial score (nSPS) is 22.7. The Kier molecular flexibility index (Phi) is 2.86. The maximum Gasteiger partial charge on any atom is 0.165 e. The summed E-state index contributed by atoms with van der Waals surface area (Å²) in [7, 11) is 0. The lowest BCUT2D eigenvalue weighted by Crippen LogP contribution is -2.25. The van der Waals surface area contributed by atoms with E-state index in [2.05, 4.69) is 11.9 Å². The molecular formula is C16H17NO. The molecule has 0 unspecified atom stereocenters. The molecule has 92 valence electrons. The number of aromatic nitrogens is 1. The van der Waals surface area contributed by atoms with E-state index in [-0.39, 0.29) is 5.78 Å². The predicted molar refractivity (Wildman–Crippen MR) is 72.6 cm³/mol. The van der Waals surface area contributed by atoms with Gasteiger partial charge < -0.3 is 0 Å². The van der Waals surface area contributed by atoms with Gasteiger partial charge in [0.25, 0.3) is 0 Å². The van der Waals surface area contributed by atoms with Crippen molar-refractivity contribution in [3.05, 3.63) is 42.1 Å². The quantitative estimate of drug-likeness (QED) is 0.761. The van der Waals surface area contributed by atoms with Crippen LogP contribution in [0, 0.1) is 11.8 Å². The minimum atomic E-state index is 0.246. The van der Waals surface area contributed by atoms with Crippen LogP contribution in [0.15, 0.2) is 36.5 Å². The molecule has 18 heavy (non-hydrogen) atoms. The molecule has 3 rings (SSSR count). The summed E-state index contributed by atoms with van der Waals surface area (Å²) >= 11 is 0. The molecule has 0 bridgehead atoms. The average molecular weight is 239 g/mol. The molecule has 0 N–H and O–H groups in total. The smallest absolute Gasteiger partial charge is 0.165 e. The van der Waals surface area contributed by atoms with Crippen LogP contribution in [0.25, 0.3) is 10.9 Å². The van der Waals surface area contributed by atoms with E-state index in [4.69, 9.17) is 0 Å². The first kappa shape index (κ1) is 11.4. The zero-order valence-electron chi connectivity index (χ0n) is 10.6. The maximum absolute atomic E-state index is 12.4. The fourth-order valence-corrected chi connectivity index (χ4v) is 2.72. The molecule has 2 atom stereocenters. The summed E-state index contributed by atoms with van der Waals surface area (Å²) in [6, 6.07) is 9.77. The van der Waals surface area contributed by atoms with E-state index in [0.717, 1.165) is 16.5 Å². The van der Waals surface area contributed by atoms with Gasteiger partial charge in [0, 0.05) is 23.6 Å². The summed E-state index contributed by atoms with van der Waals surface area (Å²) in [5.74, 6) is 1.53. The van der Waals surface area contributed by atoms with Gasteiger partial charge in [-0.1, -0.05) is 31.5 Å². The maximum atomic E-state index is 12.4. The third kappa shape index (κ3) is 1.92. The molecule has 2 nitrogen and oxygen atoms in total. The van der Waals surface area contributed by atoms with Crippen LogP contribution in [-0.4, -0.2) is 10.8 Å². The molecule has 1 saturated carbocycles. The Bertz CT molecular complexity index is 585. The first-order chi connectivity index (χ1) is 8.75. The van der Waals surface area contributed by atoms with Crippen molar-refractivity contribution in [2.75, 3.05) is 0 Å². The lowest BCUT2D eigenvalue weighted by molar-refractivity contribution is 0.0888. The van der Waals surface area contributed by atoms with Crippen LogP contribution in [0.5, 0.6) is 0 Å². The molecule has 1 fully saturated rings. The summed E-state index contributed by atoms with van der Waals surface area (Å²) in [4.78, 5) is 16.7. The second-order valence-corrected chi connectivity index (χ2v) is 5.32. The average Bonchev–Trinajstić information content (AvgIpc) is 2.42. The highest BCUT2D eigenvalue weighted by Crippen LogP contribution is 2.37. The third-order valence-corrected chi connectivity index (χ3v) is 4.18. The Morgan fingerprint density at radius 1 is 1.28 bits per heavy atom. The topological polar surface area (TPSA) is 30.0 Å². The highest BCUT2D eigenvalue weighted by Gasteiger charge is 2.29. The van der Waals surface area contributed by atoms with Gasteiger partial charge in [-0.15, -0.1) is 0 Å². The number of rotatable bonds is 3. The van der Waals surface area contributed by atoms with Gasteiger partial charge in [0.05, 0.1) is 5.52 Å². The minimum Gasteiger partial charge on any atom is -0.294 e. The van der Waals surface area contributed by atoms with Gasteiger partial charge in [-0.3, -0.25) is 9.78 Å². The van der Waals surface area contributed by atoms with Crippen LogP contribution < -0.4 is 0 Å². The zero-order valence-corrected chi connectivity index (χ0v) is 10.6. The molecule has 1 heterocycles. The van der Waals surface area contributed by atoms with E-state index in [1.807, 2.05) is 30.3 Å². The van der Waals surface area contributed by atoms with E-state index in [1.165, 1.54) is 12.8 Å². The summed E-state index contributed by atoms with van der Waals surface area (Å²) in [5.41, 5.74) is 1.63. The summed E-state index contributed by atoms with van der Waals surface area (Å²) < 4.78 is 0. The monoisotopic (exact) mass is 239 g/mol. The highest BCUT2D eigenvalue weighted by atomic mass is 16.1. The lowest BCUT2D eigenvalue weighted by Gasteiger charge is -2.33. The van der Waals surface area contributed by atoms with Gasteiger partial charge >= 0.3 is 0 Å². The standard InChI is InChI=1S/C16H17NO/c1-11-7-8-13(11)10-15(18)14-6-2-4-12-5-3-9-17-16(12)14/h2-6,9,11,13H,7-8,10H2,1H3/t11-,13-/m1/s1. The molecule has 1 aromatic heterocycles. The Balaban J connectivity index is 1.91. The fourth-order valence-electron chi connectivity index (χ4n) is 2.72. The van der Waals surface area contributed by atoms with Crippen LogP contribution in [0.2, 0.25) is 0 Å². The Hall–Kier alpha value is -1.70. The number of carbonyl (C=O) groups excluding carboxylic acids is 1. The van der Waals surface area contributed by atoms with E-state index in [9.17, 15) is 4.79 Å². The lowest BCUT2D eigenvalue weighted by atomic mass is 9.72. The Morgan fingerprint density at radius 3 is 2.83 bits per heavy atom. The van der Waals surface area contributed by atoms with Gasteiger partial charge in [0.15, 0.2) is 5.78 Å². The molecule has 1 aliphatic carbocycles. The largest absolute Gasteiger partial charge is 0.294 e. The molecule has 2 aromatic rings. The molecule has 0 amide bonds. The number of pyridine rings is 1. The molecule has 0 spiro atoms. The number of para-hydroxylation sites is 1. The summed E-state index contributed by atoms with van der Waals surface area (Å²) in [5, 5.41) is 1.05. The zero-order chi connectivity index (χ0) is 12.5. The molecule has 2 heteroatoms. The number of fused-ring (bicyclic) bond motifs is 1. The van der Waals surface area contributed by atoms with E-state index < -0.39 is 0 Å². The van der Waals surface area contributed by atoms with Gasteiger partial charge in [-0.05, 0) is 30.4 Å². The predicted octanol–water partition coefficient (Wildman–Crippen LogP) is 3.85. The number of ketones is 1. The van der Waals surface area contributed by atoms with Crippen LogP contribution >= 0.6 is 0 Å². The van der Waals surface area contributed by atoms with Crippen molar-refractivity contribution in [1.82, 2.24) is 4.98 Å². The number of hydrogen-bond acceptors (Lipinski definition) is 2. The number of benzene rings is 1. The molecule has 1 aromatic carbocycles. The number of Topliss-reactive ketones (excluding diaryl/α,β-unsaturated/α-hetero) is 1. The van der Waals surface area contributed by atoms with E-state index >= 15 is 0 Å². The fraction of sp³-hybridized carbons (Fsp3) is 0.375. The second kappa shape index (κ2) is 4.52. The van der Waals surface area contributed by atoms with Crippen LogP contribution in [-0.2, 0) is 0 Å². The first-order valence-corrected chi connectivity index (χ1v) is 6.62. The number of nitrogens with zero attached hydrogens (tertiary/aromatic N) is 1. The van der Waals surface area contributed by atoms with Crippen molar-refractivity contribution in [1.29, 1.82) is 0 Å².